The molecule has 0 saturated heterocycles. The van der Waals surface area contributed by atoms with Gasteiger partial charge in [0.15, 0.2) is 9.84 Å². The molecule has 7 heteroatoms. The summed E-state index contributed by atoms with van der Waals surface area (Å²) in [5.74, 6) is -1.00. The van der Waals surface area contributed by atoms with E-state index in [1.165, 1.54) is 24.3 Å². The molecule has 0 spiro atoms. The minimum Gasteiger partial charge on any atom is -0.398 e. The Labute approximate surface area is 126 Å². The summed E-state index contributed by atoms with van der Waals surface area (Å²) in [6.07, 6.45) is 0. The zero-order chi connectivity index (χ0) is 14.9. The quantitative estimate of drug-likeness (QED) is 0.871. The summed E-state index contributed by atoms with van der Waals surface area (Å²) in [7, 11) is -3.77. The number of rotatable bonds is 3. The van der Waals surface area contributed by atoms with Crippen LogP contribution in [0.25, 0.3) is 0 Å². The van der Waals surface area contributed by atoms with Crippen LogP contribution in [0.2, 0.25) is 10.0 Å². The van der Waals surface area contributed by atoms with E-state index in [-0.39, 0.29) is 26.2 Å². The Balaban J connectivity index is 2.46. The molecule has 0 radical (unpaired) electrons. The van der Waals surface area contributed by atoms with Crippen LogP contribution in [0.1, 0.15) is 5.56 Å². The van der Waals surface area contributed by atoms with E-state index < -0.39 is 21.4 Å². The Kier molecular flexibility index (Phi) is 4.22. The van der Waals surface area contributed by atoms with Crippen molar-refractivity contribution in [1.82, 2.24) is 0 Å². The first-order valence-corrected chi connectivity index (χ1v) is 7.92. The Hall–Kier alpha value is -1.30. The highest BCUT2D eigenvalue weighted by Crippen LogP contribution is 2.29. The molecule has 0 unspecified atom stereocenters. The lowest BCUT2D eigenvalue weighted by Crippen LogP contribution is -2.08. The largest absolute Gasteiger partial charge is 0.398 e. The summed E-state index contributed by atoms with van der Waals surface area (Å²) < 4.78 is 37.8. The zero-order valence-electron chi connectivity index (χ0n) is 10.1. The number of sulfone groups is 1. The van der Waals surface area contributed by atoms with Crippen molar-refractivity contribution < 1.29 is 12.8 Å². The van der Waals surface area contributed by atoms with Gasteiger partial charge in [-0.15, -0.1) is 0 Å². The van der Waals surface area contributed by atoms with E-state index in [1.807, 2.05) is 0 Å². The Morgan fingerprint density at radius 3 is 2.50 bits per heavy atom. The van der Waals surface area contributed by atoms with Crippen molar-refractivity contribution in [2.45, 2.75) is 10.6 Å². The van der Waals surface area contributed by atoms with Crippen LogP contribution in [0.3, 0.4) is 0 Å². The lowest BCUT2D eigenvalue weighted by Gasteiger charge is -2.09. The third-order valence-corrected chi connectivity index (χ3v) is 5.05. The van der Waals surface area contributed by atoms with Crippen LogP contribution in [-0.4, -0.2) is 8.42 Å². The predicted octanol–water partition coefficient (Wildman–Crippen LogP) is 3.69. The molecule has 0 aliphatic heterocycles. The maximum atomic E-state index is 13.2. The third-order valence-electron chi connectivity index (χ3n) is 2.68. The Morgan fingerprint density at radius 1 is 1.10 bits per heavy atom. The van der Waals surface area contributed by atoms with Gasteiger partial charge in [-0.25, -0.2) is 12.8 Å². The molecule has 0 saturated carbocycles. The maximum Gasteiger partial charge on any atom is 0.184 e. The average molecular weight is 334 g/mol. The zero-order valence-corrected chi connectivity index (χ0v) is 12.4. The number of anilines is 1. The van der Waals surface area contributed by atoms with Gasteiger partial charge in [0, 0.05) is 10.7 Å². The van der Waals surface area contributed by atoms with Crippen molar-refractivity contribution in [3.05, 3.63) is 57.8 Å². The van der Waals surface area contributed by atoms with Gasteiger partial charge in [-0.3, -0.25) is 0 Å². The second-order valence-corrected chi connectivity index (χ2v) is 6.98. The van der Waals surface area contributed by atoms with Crippen LogP contribution in [-0.2, 0) is 15.6 Å². The van der Waals surface area contributed by atoms with Crippen LogP contribution in [0, 0.1) is 5.82 Å². The first-order chi connectivity index (χ1) is 9.29. The molecule has 106 valence electrons. The molecular weight excluding hydrogens is 324 g/mol. The van der Waals surface area contributed by atoms with Crippen molar-refractivity contribution in [1.29, 1.82) is 0 Å². The highest BCUT2D eigenvalue weighted by molar-refractivity contribution is 7.90. The number of nitrogen functional groups attached to an aromatic ring is 1. The molecule has 2 rings (SSSR count). The monoisotopic (exact) mass is 333 g/mol. The molecule has 3 nitrogen and oxygen atoms in total. The molecule has 0 aromatic heterocycles. The summed E-state index contributed by atoms with van der Waals surface area (Å²) in [6.45, 7) is 0. The summed E-state index contributed by atoms with van der Waals surface area (Å²) >= 11 is 11.6. The van der Waals surface area contributed by atoms with Gasteiger partial charge in [-0.1, -0.05) is 23.2 Å². The fourth-order valence-corrected chi connectivity index (χ4v) is 3.89. The van der Waals surface area contributed by atoms with Gasteiger partial charge in [0.2, 0.25) is 0 Å². The Morgan fingerprint density at radius 2 is 1.80 bits per heavy atom. The molecule has 0 aliphatic rings. The second kappa shape index (κ2) is 5.60. The van der Waals surface area contributed by atoms with E-state index in [9.17, 15) is 12.8 Å². The van der Waals surface area contributed by atoms with Crippen LogP contribution in [0.4, 0.5) is 10.1 Å². The molecule has 0 aliphatic carbocycles. The summed E-state index contributed by atoms with van der Waals surface area (Å²) in [5, 5.41) is 0.310. The van der Waals surface area contributed by atoms with Gasteiger partial charge < -0.3 is 5.73 Å². The van der Waals surface area contributed by atoms with Gasteiger partial charge in [0.1, 0.15) is 5.82 Å². The van der Waals surface area contributed by atoms with Crippen molar-refractivity contribution in [2.75, 3.05) is 5.73 Å². The topological polar surface area (TPSA) is 60.2 Å². The van der Waals surface area contributed by atoms with Crippen molar-refractivity contribution in [2.24, 2.45) is 0 Å². The van der Waals surface area contributed by atoms with Crippen LogP contribution >= 0.6 is 23.2 Å². The van der Waals surface area contributed by atoms with Gasteiger partial charge >= 0.3 is 0 Å². The van der Waals surface area contributed by atoms with E-state index in [4.69, 9.17) is 28.9 Å². The van der Waals surface area contributed by atoms with E-state index in [1.54, 1.807) is 0 Å². The minimum absolute atomic E-state index is 0.0596. The number of hydrogen-bond acceptors (Lipinski definition) is 3. The van der Waals surface area contributed by atoms with Crippen LogP contribution < -0.4 is 5.73 Å². The fourth-order valence-electron chi connectivity index (χ4n) is 1.70. The summed E-state index contributed by atoms with van der Waals surface area (Å²) in [4.78, 5) is -0.102. The van der Waals surface area contributed by atoms with E-state index in [0.717, 1.165) is 12.1 Å². The van der Waals surface area contributed by atoms with Crippen molar-refractivity contribution in [3.8, 4) is 0 Å². The smallest absolute Gasteiger partial charge is 0.184 e. The maximum absolute atomic E-state index is 13.2. The highest BCUT2D eigenvalue weighted by Gasteiger charge is 2.20. The lowest BCUT2D eigenvalue weighted by molar-refractivity contribution is 0.595. The van der Waals surface area contributed by atoms with E-state index >= 15 is 0 Å². The predicted molar refractivity (Wildman–Crippen MR) is 78.2 cm³/mol. The molecule has 2 aromatic carbocycles. The molecule has 0 amide bonds. The first kappa shape index (κ1) is 15.1. The lowest BCUT2D eigenvalue weighted by atomic mass is 10.2. The van der Waals surface area contributed by atoms with Gasteiger partial charge in [0.25, 0.3) is 0 Å². The number of benzene rings is 2. The van der Waals surface area contributed by atoms with E-state index in [0.29, 0.717) is 0 Å². The summed E-state index contributed by atoms with van der Waals surface area (Å²) in [5.41, 5.74) is 6.04. The molecule has 20 heavy (non-hydrogen) atoms. The third kappa shape index (κ3) is 3.23. The normalized spacial score (nSPS) is 11.6. The first-order valence-electron chi connectivity index (χ1n) is 5.51. The van der Waals surface area contributed by atoms with Crippen LogP contribution in [0.5, 0.6) is 0 Å². The summed E-state index contributed by atoms with van der Waals surface area (Å²) in [6, 6.07) is 7.71. The minimum atomic E-state index is -3.77. The van der Waals surface area contributed by atoms with Crippen LogP contribution in [0.15, 0.2) is 41.3 Å². The Bertz CT molecular complexity index is 763. The SMILES string of the molecule is Nc1ccc(F)cc1CS(=O)(=O)c1cc(Cl)ccc1Cl. The second-order valence-electron chi connectivity index (χ2n) is 4.18. The highest BCUT2D eigenvalue weighted by atomic mass is 35.5. The fraction of sp³-hybridized carbons (Fsp3) is 0.0769. The number of nitrogens with two attached hydrogens (primary N) is 1. The molecule has 2 N–H and O–H groups in total. The molecule has 0 heterocycles. The van der Waals surface area contributed by atoms with Gasteiger partial charge in [-0.05, 0) is 42.0 Å². The number of hydrogen-bond donors (Lipinski definition) is 1. The van der Waals surface area contributed by atoms with Gasteiger partial charge in [-0.2, -0.15) is 0 Å². The van der Waals surface area contributed by atoms with Crippen molar-refractivity contribution >= 4 is 38.7 Å². The average Bonchev–Trinajstić information content (AvgIpc) is 2.36. The molecule has 0 fully saturated rings. The number of halogens is 3. The molecule has 0 bridgehead atoms. The van der Waals surface area contributed by atoms with Crippen molar-refractivity contribution in [3.63, 3.8) is 0 Å². The van der Waals surface area contributed by atoms with Gasteiger partial charge in [0.05, 0.1) is 15.7 Å². The molecule has 0 atom stereocenters. The standard InChI is InChI=1S/C13H10Cl2FNO2S/c14-9-1-3-11(15)13(6-9)20(18,19)7-8-5-10(16)2-4-12(8)17/h1-6H,7,17H2. The molecule has 2 aromatic rings. The van der Waals surface area contributed by atoms with E-state index in [2.05, 4.69) is 0 Å². The molecular formula is C13H10Cl2FNO2S.